The van der Waals surface area contributed by atoms with E-state index < -0.39 is 11.7 Å². The van der Waals surface area contributed by atoms with E-state index in [-0.39, 0.29) is 5.97 Å². The standard InChI is InChI=1S/C17H25NO4S/c1-5-21-15(19)13-11-9-7-6-8-10-12(11)23-14(13)18-16(20)22-17(2,3)4/h5-10H2,1-4H3,(H,18,20). The molecule has 128 valence electrons. The summed E-state index contributed by atoms with van der Waals surface area (Å²) >= 11 is 1.47. The second kappa shape index (κ2) is 7.34. The number of anilines is 1. The number of fused-ring (bicyclic) bond motifs is 1. The minimum atomic E-state index is -0.581. The summed E-state index contributed by atoms with van der Waals surface area (Å²) in [7, 11) is 0. The Hall–Kier alpha value is -1.56. The van der Waals surface area contributed by atoms with Crippen LogP contribution in [0.4, 0.5) is 9.80 Å². The third kappa shape index (κ3) is 4.70. The molecule has 0 unspecified atom stereocenters. The Morgan fingerprint density at radius 3 is 2.52 bits per heavy atom. The zero-order valence-corrected chi connectivity index (χ0v) is 15.1. The molecule has 5 nitrogen and oxygen atoms in total. The lowest BCUT2D eigenvalue weighted by molar-refractivity contribution is 0.0527. The monoisotopic (exact) mass is 339 g/mol. The van der Waals surface area contributed by atoms with E-state index in [1.165, 1.54) is 22.6 Å². The fourth-order valence-corrected chi connectivity index (χ4v) is 3.91. The highest BCUT2D eigenvalue weighted by molar-refractivity contribution is 7.17. The number of carbonyl (C=O) groups excluding carboxylic acids is 2. The first-order valence-corrected chi connectivity index (χ1v) is 8.95. The molecule has 1 aromatic rings. The first kappa shape index (κ1) is 17.8. The van der Waals surface area contributed by atoms with Crippen molar-refractivity contribution in [2.45, 2.75) is 65.4 Å². The fraction of sp³-hybridized carbons (Fsp3) is 0.647. The fourth-order valence-electron chi connectivity index (χ4n) is 2.65. The van der Waals surface area contributed by atoms with Crippen molar-refractivity contribution < 1.29 is 19.1 Å². The maximum atomic E-state index is 12.4. The molecule has 1 aromatic heterocycles. The largest absolute Gasteiger partial charge is 0.462 e. The molecule has 0 radical (unpaired) electrons. The average molecular weight is 339 g/mol. The highest BCUT2D eigenvalue weighted by Gasteiger charge is 2.27. The maximum Gasteiger partial charge on any atom is 0.412 e. The number of ether oxygens (including phenoxy) is 2. The van der Waals surface area contributed by atoms with Gasteiger partial charge in [0.25, 0.3) is 0 Å². The molecule has 0 aromatic carbocycles. The molecular formula is C17H25NO4S. The topological polar surface area (TPSA) is 64.6 Å². The molecule has 23 heavy (non-hydrogen) atoms. The highest BCUT2D eigenvalue weighted by Crippen LogP contribution is 2.38. The van der Waals surface area contributed by atoms with Crippen molar-refractivity contribution in [3.8, 4) is 0 Å². The van der Waals surface area contributed by atoms with Gasteiger partial charge in [-0.1, -0.05) is 6.42 Å². The van der Waals surface area contributed by atoms with Gasteiger partial charge >= 0.3 is 12.1 Å². The summed E-state index contributed by atoms with van der Waals surface area (Å²) in [5.41, 5.74) is 0.972. The summed E-state index contributed by atoms with van der Waals surface area (Å²) in [6.45, 7) is 7.52. The van der Waals surface area contributed by atoms with E-state index in [9.17, 15) is 9.59 Å². The number of thiophene rings is 1. The number of carbonyl (C=O) groups is 2. The smallest absolute Gasteiger partial charge is 0.412 e. The van der Waals surface area contributed by atoms with Crippen LogP contribution in [0.3, 0.4) is 0 Å². The first-order chi connectivity index (χ1) is 10.8. The van der Waals surface area contributed by atoms with Crippen LogP contribution in [-0.2, 0) is 22.3 Å². The second-order valence-electron chi connectivity index (χ2n) is 6.62. The third-order valence-electron chi connectivity index (χ3n) is 3.52. The van der Waals surface area contributed by atoms with Crippen molar-refractivity contribution in [2.24, 2.45) is 0 Å². The molecule has 0 saturated heterocycles. The van der Waals surface area contributed by atoms with Gasteiger partial charge < -0.3 is 9.47 Å². The Kier molecular flexibility index (Phi) is 5.68. The molecule has 2 rings (SSSR count). The highest BCUT2D eigenvalue weighted by atomic mass is 32.1. The average Bonchev–Trinajstić information content (AvgIpc) is 2.59. The Morgan fingerprint density at radius 1 is 1.17 bits per heavy atom. The van der Waals surface area contributed by atoms with E-state index in [1.54, 1.807) is 6.92 Å². The number of rotatable bonds is 3. The molecule has 6 heteroatoms. The first-order valence-electron chi connectivity index (χ1n) is 8.13. The molecule has 0 spiro atoms. The van der Waals surface area contributed by atoms with Crippen LogP contribution in [0.25, 0.3) is 0 Å². The van der Waals surface area contributed by atoms with E-state index in [0.29, 0.717) is 17.2 Å². The van der Waals surface area contributed by atoms with Gasteiger partial charge in [-0.25, -0.2) is 9.59 Å². The van der Waals surface area contributed by atoms with Crippen molar-refractivity contribution in [1.82, 2.24) is 0 Å². The number of esters is 1. The van der Waals surface area contributed by atoms with Gasteiger partial charge in [0, 0.05) is 4.88 Å². The molecule has 0 fully saturated rings. The van der Waals surface area contributed by atoms with Crippen LogP contribution >= 0.6 is 11.3 Å². The minimum Gasteiger partial charge on any atom is -0.462 e. The maximum absolute atomic E-state index is 12.4. The predicted molar refractivity (Wildman–Crippen MR) is 91.4 cm³/mol. The number of amides is 1. The SMILES string of the molecule is CCOC(=O)c1c(NC(=O)OC(C)(C)C)sc2c1CCCCC2. The van der Waals surface area contributed by atoms with Crippen LogP contribution in [0.1, 0.15) is 67.8 Å². The summed E-state index contributed by atoms with van der Waals surface area (Å²) in [5, 5.41) is 3.29. The van der Waals surface area contributed by atoms with E-state index in [4.69, 9.17) is 9.47 Å². The van der Waals surface area contributed by atoms with Gasteiger partial charge in [0.1, 0.15) is 10.6 Å². The Morgan fingerprint density at radius 2 is 1.87 bits per heavy atom. The van der Waals surface area contributed by atoms with Crippen LogP contribution in [0.15, 0.2) is 0 Å². The van der Waals surface area contributed by atoms with Crippen molar-refractivity contribution in [3.63, 3.8) is 0 Å². The van der Waals surface area contributed by atoms with Crippen LogP contribution in [0.2, 0.25) is 0 Å². The second-order valence-corrected chi connectivity index (χ2v) is 7.72. The zero-order chi connectivity index (χ0) is 17.0. The normalized spacial score (nSPS) is 14.6. The van der Waals surface area contributed by atoms with E-state index in [0.717, 1.165) is 31.2 Å². The molecule has 0 saturated carbocycles. The van der Waals surface area contributed by atoms with E-state index in [2.05, 4.69) is 5.32 Å². The van der Waals surface area contributed by atoms with Crippen molar-refractivity contribution >= 4 is 28.4 Å². The van der Waals surface area contributed by atoms with Crippen LogP contribution < -0.4 is 5.32 Å². The van der Waals surface area contributed by atoms with Crippen molar-refractivity contribution in [3.05, 3.63) is 16.0 Å². The summed E-state index contributed by atoms with van der Waals surface area (Å²) in [6.07, 6.45) is 4.60. The lowest BCUT2D eigenvalue weighted by Gasteiger charge is -2.19. The number of aryl methyl sites for hydroxylation is 1. The molecule has 0 bridgehead atoms. The van der Waals surface area contributed by atoms with Crippen LogP contribution in [0.5, 0.6) is 0 Å². The quantitative estimate of drug-likeness (QED) is 0.648. The minimum absolute atomic E-state index is 0.315. The predicted octanol–water partition coefficient (Wildman–Crippen LogP) is 4.54. The van der Waals surface area contributed by atoms with Crippen LogP contribution in [-0.4, -0.2) is 24.3 Å². The summed E-state index contributed by atoms with van der Waals surface area (Å²) in [6, 6.07) is 0. The molecule has 1 aliphatic rings. The summed E-state index contributed by atoms with van der Waals surface area (Å²) in [4.78, 5) is 25.6. The van der Waals surface area contributed by atoms with Crippen LogP contribution in [0, 0.1) is 0 Å². The number of hydrogen-bond acceptors (Lipinski definition) is 5. The van der Waals surface area contributed by atoms with Gasteiger partial charge in [-0.2, -0.15) is 0 Å². The molecule has 1 N–H and O–H groups in total. The van der Waals surface area contributed by atoms with Gasteiger partial charge in [-0.05, 0) is 58.9 Å². The van der Waals surface area contributed by atoms with E-state index >= 15 is 0 Å². The molecular weight excluding hydrogens is 314 g/mol. The zero-order valence-electron chi connectivity index (χ0n) is 14.3. The van der Waals surface area contributed by atoms with Gasteiger partial charge in [-0.15, -0.1) is 11.3 Å². The third-order valence-corrected chi connectivity index (χ3v) is 4.72. The lowest BCUT2D eigenvalue weighted by Crippen LogP contribution is -2.27. The Balaban J connectivity index is 2.30. The van der Waals surface area contributed by atoms with Gasteiger partial charge in [0.2, 0.25) is 0 Å². The Labute approximate surface area is 141 Å². The molecule has 1 aliphatic carbocycles. The molecule has 1 heterocycles. The van der Waals surface area contributed by atoms with Gasteiger partial charge in [-0.3, -0.25) is 5.32 Å². The van der Waals surface area contributed by atoms with Crippen molar-refractivity contribution in [1.29, 1.82) is 0 Å². The lowest BCUT2D eigenvalue weighted by atomic mass is 10.1. The number of hydrogen-bond donors (Lipinski definition) is 1. The molecule has 0 aliphatic heterocycles. The van der Waals surface area contributed by atoms with E-state index in [1.807, 2.05) is 20.8 Å². The van der Waals surface area contributed by atoms with Gasteiger partial charge in [0.15, 0.2) is 0 Å². The number of nitrogens with one attached hydrogen (secondary N) is 1. The van der Waals surface area contributed by atoms with Crippen molar-refractivity contribution in [2.75, 3.05) is 11.9 Å². The summed E-state index contributed by atoms with van der Waals surface area (Å²) in [5.74, 6) is -0.363. The molecule has 0 atom stereocenters. The summed E-state index contributed by atoms with van der Waals surface area (Å²) < 4.78 is 10.5. The molecule has 1 amide bonds. The van der Waals surface area contributed by atoms with Gasteiger partial charge in [0.05, 0.1) is 12.2 Å². The Bertz CT molecular complexity index is 586.